The first-order chi connectivity index (χ1) is 9.85. The number of aromatic nitrogens is 1. The Morgan fingerprint density at radius 3 is 2.55 bits per heavy atom. The van der Waals surface area contributed by atoms with Gasteiger partial charge in [-0.3, -0.25) is 4.98 Å². The molecule has 3 heteroatoms. The molecule has 1 atom stereocenters. The second-order valence-corrected chi connectivity index (χ2v) is 4.70. The van der Waals surface area contributed by atoms with Crippen LogP contribution < -0.4 is 10.1 Å². The molecular weight excluding hydrogens is 248 g/mol. The van der Waals surface area contributed by atoms with Gasteiger partial charge in [0.05, 0.1) is 0 Å². The maximum absolute atomic E-state index is 5.98. The zero-order valence-corrected chi connectivity index (χ0v) is 12.2. The van der Waals surface area contributed by atoms with E-state index >= 15 is 0 Å². The summed E-state index contributed by atoms with van der Waals surface area (Å²) in [5, 5.41) is 3.50. The number of hydrogen-bond donors (Lipinski definition) is 1. The van der Waals surface area contributed by atoms with Gasteiger partial charge in [0.15, 0.2) is 0 Å². The standard InChI is InChI=1S/C17H22N2O/c1-3-16(19-4-2)15-7-5-6-8-17(15)20-13-14-9-11-18-12-10-14/h5-12,16,19H,3-4,13H2,1-2H3. The molecule has 20 heavy (non-hydrogen) atoms. The molecule has 0 fully saturated rings. The third-order valence-electron chi connectivity index (χ3n) is 3.30. The predicted octanol–water partition coefficient (Wildman–Crippen LogP) is 3.72. The topological polar surface area (TPSA) is 34.1 Å². The van der Waals surface area contributed by atoms with E-state index in [0.29, 0.717) is 12.6 Å². The molecule has 1 heterocycles. The lowest BCUT2D eigenvalue weighted by Crippen LogP contribution is -2.20. The number of para-hydroxylation sites is 1. The van der Waals surface area contributed by atoms with Gasteiger partial charge in [0, 0.05) is 24.0 Å². The summed E-state index contributed by atoms with van der Waals surface area (Å²) >= 11 is 0. The summed E-state index contributed by atoms with van der Waals surface area (Å²) in [7, 11) is 0. The van der Waals surface area contributed by atoms with Gasteiger partial charge in [-0.2, -0.15) is 0 Å². The lowest BCUT2D eigenvalue weighted by Gasteiger charge is -2.20. The fraction of sp³-hybridized carbons (Fsp3) is 0.353. The SMILES string of the molecule is CCNC(CC)c1ccccc1OCc1ccncc1. The van der Waals surface area contributed by atoms with Crippen LogP contribution in [0.15, 0.2) is 48.8 Å². The van der Waals surface area contributed by atoms with Crippen LogP contribution in [0.2, 0.25) is 0 Å². The first kappa shape index (κ1) is 14.5. The van der Waals surface area contributed by atoms with Crippen molar-refractivity contribution in [2.75, 3.05) is 6.54 Å². The smallest absolute Gasteiger partial charge is 0.124 e. The van der Waals surface area contributed by atoms with Crippen molar-refractivity contribution < 1.29 is 4.74 Å². The number of pyridine rings is 1. The Kier molecular flexibility index (Phi) is 5.56. The summed E-state index contributed by atoms with van der Waals surface area (Å²) in [6.07, 6.45) is 4.62. The van der Waals surface area contributed by atoms with Crippen LogP contribution >= 0.6 is 0 Å². The molecule has 2 aromatic rings. The highest BCUT2D eigenvalue weighted by atomic mass is 16.5. The molecule has 0 bridgehead atoms. The average Bonchev–Trinajstić information content (AvgIpc) is 2.52. The van der Waals surface area contributed by atoms with Crippen LogP contribution in [-0.2, 0) is 6.61 Å². The summed E-state index contributed by atoms with van der Waals surface area (Å²) in [6, 6.07) is 12.6. The van der Waals surface area contributed by atoms with Crippen molar-refractivity contribution in [3.63, 3.8) is 0 Å². The minimum atomic E-state index is 0.341. The summed E-state index contributed by atoms with van der Waals surface area (Å²) in [5.41, 5.74) is 2.36. The van der Waals surface area contributed by atoms with Crippen LogP contribution in [0.1, 0.15) is 37.4 Å². The van der Waals surface area contributed by atoms with E-state index in [-0.39, 0.29) is 0 Å². The predicted molar refractivity (Wildman–Crippen MR) is 81.7 cm³/mol. The Hall–Kier alpha value is -1.87. The summed E-state index contributed by atoms with van der Waals surface area (Å²) < 4.78 is 5.98. The fourth-order valence-electron chi connectivity index (χ4n) is 2.26. The Labute approximate surface area is 121 Å². The second kappa shape index (κ2) is 7.65. The van der Waals surface area contributed by atoms with Crippen LogP contribution in [0.5, 0.6) is 5.75 Å². The zero-order chi connectivity index (χ0) is 14.2. The number of hydrogen-bond acceptors (Lipinski definition) is 3. The van der Waals surface area contributed by atoms with Crippen molar-refractivity contribution in [2.24, 2.45) is 0 Å². The van der Waals surface area contributed by atoms with Crippen molar-refractivity contribution in [1.29, 1.82) is 0 Å². The maximum Gasteiger partial charge on any atom is 0.124 e. The van der Waals surface area contributed by atoms with Crippen LogP contribution in [0.25, 0.3) is 0 Å². The van der Waals surface area contributed by atoms with E-state index < -0.39 is 0 Å². The van der Waals surface area contributed by atoms with Crippen molar-refractivity contribution in [3.05, 3.63) is 59.9 Å². The molecule has 0 amide bonds. The van der Waals surface area contributed by atoms with E-state index in [1.54, 1.807) is 12.4 Å². The fourth-order valence-corrected chi connectivity index (χ4v) is 2.26. The molecule has 0 saturated heterocycles. The van der Waals surface area contributed by atoms with E-state index in [0.717, 1.165) is 24.3 Å². The highest BCUT2D eigenvalue weighted by molar-refractivity contribution is 5.36. The van der Waals surface area contributed by atoms with Crippen LogP contribution in [-0.4, -0.2) is 11.5 Å². The zero-order valence-electron chi connectivity index (χ0n) is 12.2. The number of nitrogens with zero attached hydrogens (tertiary/aromatic N) is 1. The third kappa shape index (κ3) is 3.81. The lowest BCUT2D eigenvalue weighted by molar-refractivity contribution is 0.298. The highest BCUT2D eigenvalue weighted by Gasteiger charge is 2.13. The van der Waals surface area contributed by atoms with Crippen LogP contribution in [0, 0.1) is 0 Å². The van der Waals surface area contributed by atoms with Gasteiger partial charge < -0.3 is 10.1 Å². The molecular formula is C17H22N2O. The normalized spacial score (nSPS) is 12.1. The van der Waals surface area contributed by atoms with Gasteiger partial charge in [-0.15, -0.1) is 0 Å². The molecule has 1 unspecified atom stereocenters. The molecule has 0 radical (unpaired) electrons. The van der Waals surface area contributed by atoms with Crippen LogP contribution in [0.4, 0.5) is 0 Å². The molecule has 0 spiro atoms. The van der Waals surface area contributed by atoms with Crippen molar-refractivity contribution >= 4 is 0 Å². The summed E-state index contributed by atoms with van der Waals surface area (Å²) in [4.78, 5) is 4.02. The van der Waals surface area contributed by atoms with E-state index in [1.807, 2.05) is 24.3 Å². The first-order valence-electron chi connectivity index (χ1n) is 7.19. The Bertz CT molecular complexity index is 513. The second-order valence-electron chi connectivity index (χ2n) is 4.70. The molecule has 1 N–H and O–H groups in total. The van der Waals surface area contributed by atoms with Crippen LogP contribution in [0.3, 0.4) is 0 Å². The summed E-state index contributed by atoms with van der Waals surface area (Å²) in [5.74, 6) is 0.956. The molecule has 0 aliphatic heterocycles. The molecule has 2 rings (SSSR count). The Morgan fingerprint density at radius 1 is 1.10 bits per heavy atom. The lowest BCUT2D eigenvalue weighted by atomic mass is 10.0. The van der Waals surface area contributed by atoms with Gasteiger partial charge in [-0.25, -0.2) is 0 Å². The van der Waals surface area contributed by atoms with E-state index in [2.05, 4.69) is 36.3 Å². The van der Waals surface area contributed by atoms with Gasteiger partial charge in [-0.05, 0) is 36.7 Å². The Morgan fingerprint density at radius 2 is 1.85 bits per heavy atom. The van der Waals surface area contributed by atoms with Crippen molar-refractivity contribution in [3.8, 4) is 5.75 Å². The number of ether oxygens (including phenoxy) is 1. The largest absolute Gasteiger partial charge is 0.489 e. The van der Waals surface area contributed by atoms with Gasteiger partial charge in [0.2, 0.25) is 0 Å². The average molecular weight is 270 g/mol. The van der Waals surface area contributed by atoms with E-state index in [4.69, 9.17) is 4.74 Å². The summed E-state index contributed by atoms with van der Waals surface area (Å²) in [6.45, 7) is 5.84. The van der Waals surface area contributed by atoms with Gasteiger partial charge in [0.25, 0.3) is 0 Å². The van der Waals surface area contributed by atoms with E-state index in [1.165, 1.54) is 5.56 Å². The van der Waals surface area contributed by atoms with Gasteiger partial charge >= 0.3 is 0 Å². The van der Waals surface area contributed by atoms with Gasteiger partial charge in [0.1, 0.15) is 12.4 Å². The molecule has 0 aliphatic carbocycles. The maximum atomic E-state index is 5.98. The molecule has 3 nitrogen and oxygen atoms in total. The Balaban J connectivity index is 2.11. The minimum absolute atomic E-state index is 0.341. The molecule has 0 aliphatic rings. The number of nitrogens with one attached hydrogen (secondary N) is 1. The van der Waals surface area contributed by atoms with E-state index in [9.17, 15) is 0 Å². The monoisotopic (exact) mass is 270 g/mol. The van der Waals surface area contributed by atoms with Crippen molar-refractivity contribution in [2.45, 2.75) is 32.9 Å². The number of benzene rings is 1. The quantitative estimate of drug-likeness (QED) is 0.832. The molecule has 1 aromatic carbocycles. The molecule has 106 valence electrons. The highest BCUT2D eigenvalue weighted by Crippen LogP contribution is 2.27. The first-order valence-corrected chi connectivity index (χ1v) is 7.19. The number of rotatable bonds is 7. The minimum Gasteiger partial charge on any atom is -0.489 e. The molecule has 0 saturated carbocycles. The van der Waals surface area contributed by atoms with Gasteiger partial charge in [-0.1, -0.05) is 32.0 Å². The van der Waals surface area contributed by atoms with Crippen molar-refractivity contribution in [1.82, 2.24) is 10.3 Å². The third-order valence-corrected chi connectivity index (χ3v) is 3.30. The molecule has 1 aromatic heterocycles.